The predicted octanol–water partition coefficient (Wildman–Crippen LogP) is 1.26. The van der Waals surface area contributed by atoms with Crippen molar-refractivity contribution in [3.63, 3.8) is 0 Å². The summed E-state index contributed by atoms with van der Waals surface area (Å²) in [7, 11) is 1.92. The molecule has 0 N–H and O–H groups in total. The van der Waals surface area contributed by atoms with Crippen molar-refractivity contribution in [3.05, 3.63) is 0 Å². The number of hydrogen-bond donors (Lipinski definition) is 0. The second-order valence-corrected chi connectivity index (χ2v) is 3.63. The number of ketones is 1. The van der Waals surface area contributed by atoms with Crippen LogP contribution in [0.3, 0.4) is 0 Å². The molecule has 0 rings (SSSR count). The van der Waals surface area contributed by atoms with Gasteiger partial charge in [-0.15, -0.1) is 0 Å². The molecular formula is C10H19NO2. The lowest BCUT2D eigenvalue weighted by Crippen LogP contribution is -2.41. The van der Waals surface area contributed by atoms with Gasteiger partial charge in [0.15, 0.2) is 0 Å². The number of nitrogens with zero attached hydrogens (tertiary/aromatic N) is 1. The van der Waals surface area contributed by atoms with Crippen LogP contribution in [0.15, 0.2) is 0 Å². The Kier molecular flexibility index (Phi) is 5.55. The zero-order valence-electron chi connectivity index (χ0n) is 8.91. The minimum Gasteiger partial charge on any atom is -0.303 e. The van der Waals surface area contributed by atoms with Crippen LogP contribution in [0.4, 0.5) is 0 Å². The Morgan fingerprint density at radius 3 is 2.31 bits per heavy atom. The van der Waals surface area contributed by atoms with Crippen molar-refractivity contribution in [1.82, 2.24) is 4.90 Å². The molecule has 3 nitrogen and oxygen atoms in total. The van der Waals surface area contributed by atoms with Crippen LogP contribution >= 0.6 is 0 Å². The maximum atomic E-state index is 11.2. The van der Waals surface area contributed by atoms with Gasteiger partial charge in [0.25, 0.3) is 0 Å². The Morgan fingerprint density at radius 1 is 1.46 bits per heavy atom. The van der Waals surface area contributed by atoms with Crippen molar-refractivity contribution < 1.29 is 9.59 Å². The summed E-state index contributed by atoms with van der Waals surface area (Å²) in [6.45, 7) is 5.65. The highest BCUT2D eigenvalue weighted by Crippen LogP contribution is 2.08. The zero-order valence-corrected chi connectivity index (χ0v) is 8.91. The Labute approximate surface area is 80.1 Å². The molecule has 0 aliphatic carbocycles. The minimum absolute atomic E-state index is 0.106. The molecule has 0 bridgehead atoms. The third kappa shape index (κ3) is 4.18. The monoisotopic (exact) mass is 185 g/mol. The van der Waals surface area contributed by atoms with Crippen LogP contribution in [0.2, 0.25) is 0 Å². The van der Waals surface area contributed by atoms with Crippen LogP contribution in [0.5, 0.6) is 0 Å². The van der Waals surface area contributed by atoms with Crippen molar-refractivity contribution >= 4 is 12.1 Å². The lowest BCUT2D eigenvalue weighted by molar-refractivity contribution is -0.122. The van der Waals surface area contributed by atoms with Crippen LogP contribution in [0.25, 0.3) is 0 Å². The van der Waals surface area contributed by atoms with Crippen LogP contribution in [-0.4, -0.2) is 36.1 Å². The first-order valence-corrected chi connectivity index (χ1v) is 4.66. The van der Waals surface area contributed by atoms with E-state index in [1.165, 1.54) is 0 Å². The molecule has 0 aromatic carbocycles. The molecule has 0 aliphatic heterocycles. The van der Waals surface area contributed by atoms with Crippen molar-refractivity contribution in [2.24, 2.45) is 0 Å². The smallest absolute Gasteiger partial charge is 0.146 e. The van der Waals surface area contributed by atoms with Crippen molar-refractivity contribution in [2.75, 3.05) is 7.05 Å². The number of hydrogen-bond acceptors (Lipinski definition) is 3. The van der Waals surface area contributed by atoms with E-state index in [9.17, 15) is 9.59 Å². The van der Waals surface area contributed by atoms with Gasteiger partial charge in [-0.2, -0.15) is 0 Å². The summed E-state index contributed by atoms with van der Waals surface area (Å²) in [5.74, 6) is 0.137. The maximum Gasteiger partial charge on any atom is 0.146 e. The van der Waals surface area contributed by atoms with Crippen molar-refractivity contribution in [2.45, 2.75) is 45.7 Å². The minimum atomic E-state index is -0.106. The lowest BCUT2D eigenvalue weighted by Gasteiger charge is -2.28. The second-order valence-electron chi connectivity index (χ2n) is 3.63. The normalized spacial score (nSPS) is 13.4. The van der Waals surface area contributed by atoms with E-state index in [1.54, 1.807) is 6.92 Å². The van der Waals surface area contributed by atoms with E-state index in [0.29, 0.717) is 18.9 Å². The number of carbonyl (C=O) groups excluding carboxylic acids is 2. The summed E-state index contributed by atoms with van der Waals surface area (Å²) in [5, 5.41) is 0. The van der Waals surface area contributed by atoms with Gasteiger partial charge >= 0.3 is 0 Å². The highest BCUT2D eigenvalue weighted by Gasteiger charge is 2.20. The summed E-state index contributed by atoms with van der Waals surface area (Å²) in [6.07, 6.45) is 1.96. The SMILES string of the molecule is CC(=O)C(CCC=O)N(C)C(C)C. The zero-order chi connectivity index (χ0) is 10.4. The molecule has 0 aromatic heterocycles. The Balaban J connectivity index is 4.23. The summed E-state index contributed by atoms with van der Waals surface area (Å²) in [5.41, 5.74) is 0. The molecule has 0 fully saturated rings. The number of aldehydes is 1. The van der Waals surface area contributed by atoms with Gasteiger partial charge in [-0.25, -0.2) is 0 Å². The van der Waals surface area contributed by atoms with Gasteiger partial charge in [-0.3, -0.25) is 9.69 Å². The largest absolute Gasteiger partial charge is 0.303 e. The highest BCUT2D eigenvalue weighted by molar-refractivity contribution is 5.81. The van der Waals surface area contributed by atoms with E-state index < -0.39 is 0 Å². The number of likely N-dealkylation sites (N-methyl/N-ethyl adjacent to an activating group) is 1. The molecule has 0 saturated carbocycles. The van der Waals surface area contributed by atoms with Gasteiger partial charge in [0.2, 0.25) is 0 Å². The fourth-order valence-electron chi connectivity index (χ4n) is 1.28. The van der Waals surface area contributed by atoms with Gasteiger partial charge < -0.3 is 4.79 Å². The molecule has 0 amide bonds. The van der Waals surface area contributed by atoms with Crippen LogP contribution in [-0.2, 0) is 9.59 Å². The van der Waals surface area contributed by atoms with E-state index in [4.69, 9.17) is 0 Å². The topological polar surface area (TPSA) is 37.4 Å². The predicted molar refractivity (Wildman–Crippen MR) is 52.7 cm³/mol. The number of Topliss-reactive ketones (excluding diaryl/α,β-unsaturated/α-hetero) is 1. The molecule has 0 aliphatic rings. The number of carbonyl (C=O) groups is 2. The molecule has 3 heteroatoms. The molecular weight excluding hydrogens is 166 g/mol. The van der Waals surface area contributed by atoms with Gasteiger partial charge in [-0.05, 0) is 34.2 Å². The molecule has 0 saturated heterocycles. The van der Waals surface area contributed by atoms with E-state index >= 15 is 0 Å². The van der Waals surface area contributed by atoms with Crippen LogP contribution in [0, 0.1) is 0 Å². The Bertz CT molecular complexity index is 178. The lowest BCUT2D eigenvalue weighted by atomic mass is 10.1. The average molecular weight is 185 g/mol. The summed E-state index contributed by atoms with van der Waals surface area (Å²) < 4.78 is 0. The molecule has 1 unspecified atom stereocenters. The first-order valence-electron chi connectivity index (χ1n) is 4.66. The van der Waals surface area contributed by atoms with Gasteiger partial charge in [-0.1, -0.05) is 0 Å². The van der Waals surface area contributed by atoms with E-state index in [0.717, 1.165) is 6.29 Å². The molecule has 76 valence electrons. The van der Waals surface area contributed by atoms with Crippen molar-refractivity contribution in [1.29, 1.82) is 0 Å². The quantitative estimate of drug-likeness (QED) is 0.585. The van der Waals surface area contributed by atoms with E-state index in [2.05, 4.69) is 0 Å². The molecule has 13 heavy (non-hydrogen) atoms. The molecule has 0 heterocycles. The fourth-order valence-corrected chi connectivity index (χ4v) is 1.28. The first-order chi connectivity index (χ1) is 6.00. The summed E-state index contributed by atoms with van der Waals surface area (Å²) in [4.78, 5) is 23.4. The second kappa shape index (κ2) is 5.86. The summed E-state index contributed by atoms with van der Waals surface area (Å²) >= 11 is 0. The van der Waals surface area contributed by atoms with Gasteiger partial charge in [0, 0.05) is 12.5 Å². The van der Waals surface area contributed by atoms with E-state index in [1.807, 2.05) is 25.8 Å². The van der Waals surface area contributed by atoms with Crippen molar-refractivity contribution in [3.8, 4) is 0 Å². The van der Waals surface area contributed by atoms with Gasteiger partial charge in [0.1, 0.15) is 12.1 Å². The third-order valence-electron chi connectivity index (χ3n) is 2.33. The standard InChI is InChI=1S/C10H19NO2/c1-8(2)11(4)10(9(3)13)6-5-7-12/h7-8,10H,5-6H2,1-4H3. The highest BCUT2D eigenvalue weighted by atomic mass is 16.1. The maximum absolute atomic E-state index is 11.2. The Hall–Kier alpha value is -0.700. The fraction of sp³-hybridized carbons (Fsp3) is 0.800. The van der Waals surface area contributed by atoms with Gasteiger partial charge in [0.05, 0.1) is 6.04 Å². The third-order valence-corrected chi connectivity index (χ3v) is 2.33. The first kappa shape index (κ1) is 12.3. The average Bonchev–Trinajstić information content (AvgIpc) is 2.04. The van der Waals surface area contributed by atoms with E-state index in [-0.39, 0.29) is 11.8 Å². The molecule has 0 spiro atoms. The van der Waals surface area contributed by atoms with Crippen LogP contribution < -0.4 is 0 Å². The molecule has 0 aromatic rings. The molecule has 0 radical (unpaired) electrons. The summed E-state index contributed by atoms with van der Waals surface area (Å²) in [6, 6.07) is 0.228. The molecule has 1 atom stereocenters. The Morgan fingerprint density at radius 2 is 2.00 bits per heavy atom. The van der Waals surface area contributed by atoms with Crippen LogP contribution in [0.1, 0.15) is 33.6 Å². The number of rotatable bonds is 6.